The van der Waals surface area contributed by atoms with Gasteiger partial charge in [-0.2, -0.15) is 5.10 Å². The minimum atomic E-state index is -0.305. The Balaban J connectivity index is 1.46. The lowest BCUT2D eigenvalue weighted by atomic mass is 10.1. The highest BCUT2D eigenvalue weighted by Crippen LogP contribution is 2.24. The second kappa shape index (κ2) is 8.60. The molecule has 0 atom stereocenters. The van der Waals surface area contributed by atoms with E-state index in [1.54, 1.807) is 17.1 Å². The van der Waals surface area contributed by atoms with E-state index in [0.29, 0.717) is 24.6 Å². The fourth-order valence-corrected chi connectivity index (χ4v) is 3.09. The van der Waals surface area contributed by atoms with Gasteiger partial charge < -0.3 is 15.8 Å². The molecule has 4 rings (SSSR count). The van der Waals surface area contributed by atoms with Crippen molar-refractivity contribution in [1.82, 2.24) is 19.7 Å². The van der Waals surface area contributed by atoms with E-state index in [1.165, 1.54) is 6.92 Å². The number of nitrogens with one attached hydrogen (secondary N) is 1. The van der Waals surface area contributed by atoms with Crippen molar-refractivity contribution in [2.24, 2.45) is 0 Å². The SMILES string of the molecule is CC(=O)OCCn1cc(-c2ccc(N)c(NCc3ccc4ncccc4c3)n2)cn1. The van der Waals surface area contributed by atoms with Crippen LogP contribution >= 0.6 is 0 Å². The Labute approximate surface area is 173 Å². The minimum Gasteiger partial charge on any atom is -0.464 e. The van der Waals surface area contributed by atoms with Crippen molar-refractivity contribution in [3.05, 3.63) is 66.6 Å². The van der Waals surface area contributed by atoms with Crippen molar-refractivity contribution in [2.45, 2.75) is 20.0 Å². The Morgan fingerprint density at radius 1 is 1.23 bits per heavy atom. The number of pyridine rings is 2. The third-order valence-corrected chi connectivity index (χ3v) is 4.61. The molecule has 0 aliphatic heterocycles. The molecule has 3 aromatic heterocycles. The molecule has 0 saturated carbocycles. The standard InChI is InChI=1S/C22H22N6O2/c1-15(29)30-10-9-28-14-18(13-26-28)21-7-5-19(23)22(27-21)25-12-16-4-6-20-17(11-16)3-2-8-24-20/h2-8,11,13-14H,9-10,12,23H2,1H3,(H,25,27). The maximum Gasteiger partial charge on any atom is 0.302 e. The zero-order valence-electron chi connectivity index (χ0n) is 16.6. The summed E-state index contributed by atoms with van der Waals surface area (Å²) < 4.78 is 6.67. The number of hydrogen-bond donors (Lipinski definition) is 2. The molecule has 0 bridgehead atoms. The summed E-state index contributed by atoms with van der Waals surface area (Å²) in [6, 6.07) is 13.8. The molecule has 0 amide bonds. The van der Waals surface area contributed by atoms with Crippen LogP contribution in [-0.2, 0) is 22.6 Å². The van der Waals surface area contributed by atoms with E-state index >= 15 is 0 Å². The molecule has 3 heterocycles. The summed E-state index contributed by atoms with van der Waals surface area (Å²) in [7, 11) is 0. The van der Waals surface area contributed by atoms with E-state index in [1.807, 2.05) is 42.6 Å². The van der Waals surface area contributed by atoms with Gasteiger partial charge in [-0.05, 0) is 35.9 Å². The molecule has 0 radical (unpaired) electrons. The summed E-state index contributed by atoms with van der Waals surface area (Å²) in [5.74, 6) is 0.312. The van der Waals surface area contributed by atoms with Gasteiger partial charge in [0.1, 0.15) is 12.4 Å². The number of rotatable bonds is 7. The number of carbonyl (C=O) groups is 1. The molecule has 0 spiro atoms. The van der Waals surface area contributed by atoms with Crippen molar-refractivity contribution in [3.8, 4) is 11.3 Å². The van der Waals surface area contributed by atoms with Crippen LogP contribution in [0.1, 0.15) is 12.5 Å². The third-order valence-electron chi connectivity index (χ3n) is 4.61. The summed E-state index contributed by atoms with van der Waals surface area (Å²) in [5.41, 5.74) is 10.4. The predicted octanol–water partition coefficient (Wildman–Crippen LogP) is 3.25. The second-order valence-electron chi connectivity index (χ2n) is 6.85. The first-order valence-corrected chi connectivity index (χ1v) is 9.59. The molecule has 0 unspecified atom stereocenters. The monoisotopic (exact) mass is 402 g/mol. The molecule has 0 aliphatic carbocycles. The van der Waals surface area contributed by atoms with Gasteiger partial charge in [-0.25, -0.2) is 4.98 Å². The fourth-order valence-electron chi connectivity index (χ4n) is 3.09. The maximum atomic E-state index is 10.9. The van der Waals surface area contributed by atoms with Crippen LogP contribution in [0.4, 0.5) is 11.5 Å². The van der Waals surface area contributed by atoms with Gasteiger partial charge in [0.05, 0.1) is 29.6 Å². The van der Waals surface area contributed by atoms with Crippen molar-refractivity contribution >= 4 is 28.4 Å². The summed E-state index contributed by atoms with van der Waals surface area (Å²) >= 11 is 0. The molecule has 0 fully saturated rings. The van der Waals surface area contributed by atoms with Crippen molar-refractivity contribution in [1.29, 1.82) is 0 Å². The first-order valence-electron chi connectivity index (χ1n) is 9.59. The highest BCUT2D eigenvalue weighted by Gasteiger charge is 2.08. The Kier molecular flexibility index (Phi) is 5.56. The van der Waals surface area contributed by atoms with Gasteiger partial charge in [-0.1, -0.05) is 12.1 Å². The highest BCUT2D eigenvalue weighted by molar-refractivity contribution is 5.79. The van der Waals surface area contributed by atoms with E-state index in [4.69, 9.17) is 10.5 Å². The largest absolute Gasteiger partial charge is 0.464 e. The lowest BCUT2D eigenvalue weighted by Gasteiger charge is -2.10. The molecule has 152 valence electrons. The fraction of sp³-hybridized carbons (Fsp3) is 0.182. The van der Waals surface area contributed by atoms with E-state index < -0.39 is 0 Å². The predicted molar refractivity (Wildman–Crippen MR) is 116 cm³/mol. The van der Waals surface area contributed by atoms with Gasteiger partial charge >= 0.3 is 5.97 Å². The molecule has 0 saturated heterocycles. The number of esters is 1. The van der Waals surface area contributed by atoms with E-state index in [2.05, 4.69) is 26.4 Å². The van der Waals surface area contributed by atoms with Gasteiger partial charge in [-0.15, -0.1) is 0 Å². The summed E-state index contributed by atoms with van der Waals surface area (Å²) in [4.78, 5) is 19.9. The van der Waals surface area contributed by atoms with Crippen LogP contribution in [0.5, 0.6) is 0 Å². The quantitative estimate of drug-likeness (QED) is 0.457. The van der Waals surface area contributed by atoms with Gasteiger partial charge in [0.25, 0.3) is 0 Å². The van der Waals surface area contributed by atoms with Gasteiger partial charge in [0, 0.05) is 36.8 Å². The second-order valence-corrected chi connectivity index (χ2v) is 6.85. The average Bonchev–Trinajstić information content (AvgIpc) is 3.21. The van der Waals surface area contributed by atoms with Crippen molar-refractivity contribution in [2.75, 3.05) is 17.7 Å². The number of nitrogens with two attached hydrogens (primary N) is 1. The number of aromatic nitrogens is 4. The summed E-state index contributed by atoms with van der Waals surface area (Å²) in [6.07, 6.45) is 5.38. The Morgan fingerprint density at radius 3 is 3.00 bits per heavy atom. The number of nitrogen functional groups attached to an aromatic ring is 1. The Morgan fingerprint density at radius 2 is 2.13 bits per heavy atom. The minimum absolute atomic E-state index is 0.277. The summed E-state index contributed by atoms with van der Waals surface area (Å²) in [5, 5.41) is 8.70. The van der Waals surface area contributed by atoms with Crippen LogP contribution in [0.3, 0.4) is 0 Å². The zero-order valence-corrected chi connectivity index (χ0v) is 16.6. The molecule has 30 heavy (non-hydrogen) atoms. The number of hydrogen-bond acceptors (Lipinski definition) is 7. The number of carbonyl (C=O) groups excluding carboxylic acids is 1. The molecular formula is C22H22N6O2. The molecule has 4 aromatic rings. The first kappa shape index (κ1) is 19.4. The smallest absolute Gasteiger partial charge is 0.302 e. The third kappa shape index (κ3) is 4.54. The lowest BCUT2D eigenvalue weighted by Crippen LogP contribution is -2.08. The van der Waals surface area contributed by atoms with E-state index in [-0.39, 0.29) is 12.6 Å². The number of nitrogens with zero attached hydrogens (tertiary/aromatic N) is 4. The molecule has 0 aliphatic rings. The normalized spacial score (nSPS) is 10.8. The Bertz CT molecular complexity index is 1190. The number of anilines is 2. The van der Waals surface area contributed by atoms with Crippen LogP contribution in [0, 0.1) is 0 Å². The van der Waals surface area contributed by atoms with E-state index in [0.717, 1.165) is 27.7 Å². The number of benzene rings is 1. The topological polar surface area (TPSA) is 108 Å². The molecule has 8 heteroatoms. The highest BCUT2D eigenvalue weighted by atomic mass is 16.5. The van der Waals surface area contributed by atoms with Crippen LogP contribution < -0.4 is 11.1 Å². The van der Waals surface area contributed by atoms with Crippen LogP contribution in [0.25, 0.3) is 22.2 Å². The number of ether oxygens (including phenoxy) is 1. The zero-order chi connectivity index (χ0) is 20.9. The van der Waals surface area contributed by atoms with Crippen molar-refractivity contribution < 1.29 is 9.53 Å². The summed E-state index contributed by atoms with van der Waals surface area (Å²) in [6.45, 7) is 2.74. The molecule has 8 nitrogen and oxygen atoms in total. The molecule has 3 N–H and O–H groups in total. The maximum absolute atomic E-state index is 10.9. The first-order chi connectivity index (χ1) is 14.6. The Hall–Kier alpha value is -3.94. The van der Waals surface area contributed by atoms with Gasteiger partial charge in [-0.3, -0.25) is 14.5 Å². The average molecular weight is 402 g/mol. The van der Waals surface area contributed by atoms with Gasteiger partial charge in [0.15, 0.2) is 0 Å². The number of fused-ring (bicyclic) bond motifs is 1. The van der Waals surface area contributed by atoms with Gasteiger partial charge in [0.2, 0.25) is 0 Å². The molecular weight excluding hydrogens is 380 g/mol. The van der Waals surface area contributed by atoms with E-state index in [9.17, 15) is 4.79 Å². The van der Waals surface area contributed by atoms with Crippen LogP contribution in [-0.4, -0.2) is 32.3 Å². The van der Waals surface area contributed by atoms with Crippen molar-refractivity contribution in [3.63, 3.8) is 0 Å². The van der Waals surface area contributed by atoms with Crippen LogP contribution in [0.15, 0.2) is 61.1 Å². The molecule has 1 aromatic carbocycles. The lowest BCUT2D eigenvalue weighted by molar-refractivity contribution is -0.141. The van der Waals surface area contributed by atoms with Crippen LogP contribution in [0.2, 0.25) is 0 Å².